The zero-order valence-electron chi connectivity index (χ0n) is 11.0. The Bertz CT molecular complexity index is 472. The molecular weight excluding hydrogens is 242 g/mol. The van der Waals surface area contributed by atoms with Crippen molar-refractivity contribution in [2.24, 2.45) is 0 Å². The molecule has 102 valence electrons. The van der Waals surface area contributed by atoms with Gasteiger partial charge in [0.05, 0.1) is 5.69 Å². The van der Waals surface area contributed by atoms with E-state index < -0.39 is 5.97 Å². The minimum Gasteiger partial charge on any atom is -0.476 e. The van der Waals surface area contributed by atoms with E-state index in [0.29, 0.717) is 6.04 Å². The van der Waals surface area contributed by atoms with Crippen molar-refractivity contribution in [1.82, 2.24) is 9.88 Å². The second-order valence-electron chi connectivity index (χ2n) is 5.31. The van der Waals surface area contributed by atoms with Crippen LogP contribution in [0, 0.1) is 0 Å². The maximum Gasteiger partial charge on any atom is 0.356 e. The van der Waals surface area contributed by atoms with Gasteiger partial charge >= 0.3 is 5.97 Å². The molecule has 3 heterocycles. The molecule has 2 saturated heterocycles. The number of aromatic nitrogens is 1. The van der Waals surface area contributed by atoms with E-state index in [4.69, 9.17) is 0 Å². The predicted molar refractivity (Wildman–Crippen MR) is 72.6 cm³/mol. The third-order valence-electron chi connectivity index (χ3n) is 4.15. The van der Waals surface area contributed by atoms with Crippen LogP contribution in [0.5, 0.6) is 0 Å². The number of anilines is 1. The largest absolute Gasteiger partial charge is 0.476 e. The number of carboxylic acid groups (broad SMARTS) is 1. The van der Waals surface area contributed by atoms with Crippen LogP contribution in [0.2, 0.25) is 0 Å². The van der Waals surface area contributed by atoms with E-state index in [0.717, 1.165) is 25.2 Å². The Labute approximate surface area is 112 Å². The van der Waals surface area contributed by atoms with Gasteiger partial charge in [0.15, 0.2) is 5.69 Å². The quantitative estimate of drug-likeness (QED) is 0.892. The summed E-state index contributed by atoms with van der Waals surface area (Å²) in [5.74, 6) is -0.944. The Morgan fingerprint density at radius 3 is 2.84 bits per heavy atom. The van der Waals surface area contributed by atoms with Gasteiger partial charge in [-0.05, 0) is 44.5 Å². The minimum absolute atomic E-state index is 0.171. The van der Waals surface area contributed by atoms with Crippen LogP contribution in [0.15, 0.2) is 18.3 Å². The second-order valence-corrected chi connectivity index (χ2v) is 5.31. The third-order valence-corrected chi connectivity index (χ3v) is 4.15. The van der Waals surface area contributed by atoms with Crippen LogP contribution in [-0.2, 0) is 0 Å². The molecule has 1 aromatic rings. The van der Waals surface area contributed by atoms with Crippen molar-refractivity contribution < 1.29 is 9.90 Å². The molecule has 1 unspecified atom stereocenters. The van der Waals surface area contributed by atoms with E-state index >= 15 is 0 Å². The zero-order valence-corrected chi connectivity index (χ0v) is 11.0. The van der Waals surface area contributed by atoms with Crippen LogP contribution in [0.3, 0.4) is 0 Å². The van der Waals surface area contributed by atoms with Crippen molar-refractivity contribution >= 4 is 11.7 Å². The van der Waals surface area contributed by atoms with Crippen molar-refractivity contribution in [3.8, 4) is 0 Å². The predicted octanol–water partition coefficient (Wildman–Crippen LogP) is 1.45. The third kappa shape index (κ3) is 2.42. The van der Waals surface area contributed by atoms with Gasteiger partial charge in [-0.1, -0.05) is 0 Å². The number of hydrogen-bond acceptors (Lipinski definition) is 4. The molecule has 0 aliphatic carbocycles. The zero-order chi connectivity index (χ0) is 13.2. The lowest BCUT2D eigenvalue weighted by Gasteiger charge is -2.24. The molecule has 0 bridgehead atoms. The summed E-state index contributed by atoms with van der Waals surface area (Å²) < 4.78 is 0. The average Bonchev–Trinajstić information content (AvgIpc) is 3.09. The van der Waals surface area contributed by atoms with Gasteiger partial charge in [-0.2, -0.15) is 0 Å². The molecule has 2 aliphatic rings. The highest BCUT2D eigenvalue weighted by molar-refractivity contribution is 5.92. The first kappa shape index (κ1) is 12.4. The molecule has 0 aromatic carbocycles. The lowest BCUT2D eigenvalue weighted by atomic mass is 10.2. The van der Waals surface area contributed by atoms with E-state index in [1.807, 2.05) is 12.1 Å². The van der Waals surface area contributed by atoms with Crippen molar-refractivity contribution in [2.45, 2.75) is 25.3 Å². The smallest absolute Gasteiger partial charge is 0.356 e. The number of carboxylic acids is 1. The lowest BCUT2D eigenvalue weighted by molar-refractivity contribution is 0.0691. The first-order chi connectivity index (χ1) is 9.25. The van der Waals surface area contributed by atoms with Gasteiger partial charge in [-0.3, -0.25) is 4.90 Å². The van der Waals surface area contributed by atoms with Crippen LogP contribution >= 0.6 is 0 Å². The Hall–Kier alpha value is -1.62. The van der Waals surface area contributed by atoms with Crippen molar-refractivity contribution in [3.63, 3.8) is 0 Å². The molecule has 2 aliphatic heterocycles. The Kier molecular flexibility index (Phi) is 3.38. The molecule has 5 heteroatoms. The maximum atomic E-state index is 11.2. The molecule has 1 N–H and O–H groups in total. The lowest BCUT2D eigenvalue weighted by Crippen LogP contribution is -2.35. The molecule has 0 radical (unpaired) electrons. The Morgan fingerprint density at radius 1 is 1.32 bits per heavy atom. The molecule has 0 spiro atoms. The maximum absolute atomic E-state index is 11.2. The number of aromatic carboxylic acids is 1. The van der Waals surface area contributed by atoms with Gasteiger partial charge < -0.3 is 10.0 Å². The molecule has 19 heavy (non-hydrogen) atoms. The summed E-state index contributed by atoms with van der Waals surface area (Å²) in [5, 5.41) is 9.20. The molecular formula is C14H19N3O2. The number of pyridine rings is 1. The normalized spacial score (nSPS) is 24.0. The van der Waals surface area contributed by atoms with Crippen molar-refractivity contribution in [1.29, 1.82) is 0 Å². The molecule has 3 rings (SSSR count). The molecule has 0 amide bonds. The summed E-state index contributed by atoms with van der Waals surface area (Å²) in [6.07, 6.45) is 5.25. The topological polar surface area (TPSA) is 56.7 Å². The summed E-state index contributed by atoms with van der Waals surface area (Å²) in [6.45, 7) is 4.23. The van der Waals surface area contributed by atoms with Gasteiger partial charge in [0.1, 0.15) is 0 Å². The first-order valence-corrected chi connectivity index (χ1v) is 6.93. The number of nitrogens with zero attached hydrogens (tertiary/aromatic N) is 3. The molecule has 1 aromatic heterocycles. The van der Waals surface area contributed by atoms with Gasteiger partial charge in [0.2, 0.25) is 0 Å². The van der Waals surface area contributed by atoms with E-state index in [-0.39, 0.29) is 5.69 Å². The standard InChI is InChI=1S/C14H19N3O2/c18-14(19)13-12(4-3-6-15-13)17-9-5-11(10-17)16-7-1-2-8-16/h3-4,6,11H,1-2,5,7-10H2,(H,18,19). The SMILES string of the molecule is O=C(O)c1ncccc1N1CCC(N2CCCC2)C1. The monoisotopic (exact) mass is 261 g/mol. The van der Waals surface area contributed by atoms with Gasteiger partial charge in [-0.15, -0.1) is 0 Å². The van der Waals surface area contributed by atoms with Crippen LogP contribution in [0.25, 0.3) is 0 Å². The Balaban J connectivity index is 1.75. The van der Waals surface area contributed by atoms with Crippen molar-refractivity contribution in [2.75, 3.05) is 31.1 Å². The number of likely N-dealkylation sites (tertiary alicyclic amines) is 1. The van der Waals surface area contributed by atoms with Crippen LogP contribution in [-0.4, -0.2) is 53.2 Å². The fourth-order valence-electron chi connectivity index (χ4n) is 3.18. The first-order valence-electron chi connectivity index (χ1n) is 6.93. The fraction of sp³-hybridized carbons (Fsp3) is 0.571. The average molecular weight is 261 g/mol. The summed E-state index contributed by atoms with van der Waals surface area (Å²) in [7, 11) is 0. The molecule has 2 fully saturated rings. The highest BCUT2D eigenvalue weighted by Crippen LogP contribution is 2.26. The van der Waals surface area contributed by atoms with Crippen LogP contribution in [0.4, 0.5) is 5.69 Å². The molecule has 1 atom stereocenters. The summed E-state index contributed by atoms with van der Waals surface area (Å²) >= 11 is 0. The molecule has 0 saturated carbocycles. The van der Waals surface area contributed by atoms with Crippen LogP contribution in [0.1, 0.15) is 29.8 Å². The Morgan fingerprint density at radius 2 is 2.11 bits per heavy atom. The van der Waals surface area contributed by atoms with E-state index in [1.165, 1.54) is 25.9 Å². The minimum atomic E-state index is -0.944. The summed E-state index contributed by atoms with van der Waals surface area (Å²) in [6, 6.07) is 4.25. The van der Waals surface area contributed by atoms with Gasteiger partial charge in [-0.25, -0.2) is 9.78 Å². The van der Waals surface area contributed by atoms with Crippen molar-refractivity contribution in [3.05, 3.63) is 24.0 Å². The fourth-order valence-corrected chi connectivity index (χ4v) is 3.18. The number of rotatable bonds is 3. The van der Waals surface area contributed by atoms with Gasteiger partial charge in [0, 0.05) is 25.3 Å². The number of carbonyl (C=O) groups is 1. The molecule has 5 nitrogen and oxygen atoms in total. The van der Waals surface area contributed by atoms with Gasteiger partial charge in [0.25, 0.3) is 0 Å². The summed E-state index contributed by atoms with van der Waals surface area (Å²) in [5.41, 5.74) is 0.932. The summed E-state index contributed by atoms with van der Waals surface area (Å²) in [4.78, 5) is 19.9. The number of hydrogen-bond donors (Lipinski definition) is 1. The van der Waals surface area contributed by atoms with E-state index in [9.17, 15) is 9.90 Å². The highest BCUT2D eigenvalue weighted by atomic mass is 16.4. The second kappa shape index (κ2) is 5.17. The van der Waals surface area contributed by atoms with E-state index in [2.05, 4.69) is 14.8 Å². The van der Waals surface area contributed by atoms with E-state index in [1.54, 1.807) is 6.20 Å². The van der Waals surface area contributed by atoms with Crippen LogP contribution < -0.4 is 4.90 Å². The highest BCUT2D eigenvalue weighted by Gasteiger charge is 2.31.